The third kappa shape index (κ3) is 2.59. The van der Waals surface area contributed by atoms with Gasteiger partial charge in [0.2, 0.25) is 0 Å². The summed E-state index contributed by atoms with van der Waals surface area (Å²) >= 11 is 0. The second-order valence-corrected chi connectivity index (χ2v) is 7.56. The molecule has 0 aliphatic carbocycles. The summed E-state index contributed by atoms with van der Waals surface area (Å²) in [7, 11) is 2.14. The molecule has 1 aromatic rings. The third-order valence-corrected chi connectivity index (χ3v) is 5.89. The van der Waals surface area contributed by atoms with Crippen LogP contribution in [0.1, 0.15) is 24.0 Å². The molecule has 1 spiro atoms. The Balaban J connectivity index is 1.46. The number of quaternary nitrogens is 2. The minimum absolute atomic E-state index is 0.00800. The lowest BCUT2D eigenvalue weighted by Crippen LogP contribution is -3.13. The van der Waals surface area contributed by atoms with Crippen LogP contribution < -0.4 is 15.1 Å². The number of imide groups is 1. The number of benzene rings is 1. The van der Waals surface area contributed by atoms with Crippen LogP contribution in [-0.4, -0.2) is 55.7 Å². The molecule has 6 heteroatoms. The van der Waals surface area contributed by atoms with Crippen molar-refractivity contribution in [1.29, 1.82) is 0 Å². The average Bonchev–Trinajstić information content (AvgIpc) is 2.82. The molecule has 1 atom stereocenters. The first-order valence-electron chi connectivity index (χ1n) is 8.93. The van der Waals surface area contributed by atoms with Gasteiger partial charge in [0.25, 0.3) is 5.91 Å². The van der Waals surface area contributed by atoms with Crippen LogP contribution in [0.3, 0.4) is 0 Å². The van der Waals surface area contributed by atoms with Gasteiger partial charge in [-0.25, -0.2) is 9.69 Å². The van der Waals surface area contributed by atoms with Crippen LogP contribution in [0.15, 0.2) is 24.3 Å². The van der Waals surface area contributed by atoms with E-state index in [1.54, 1.807) is 0 Å². The monoisotopic (exact) mass is 330 g/mol. The molecule has 2 fully saturated rings. The van der Waals surface area contributed by atoms with Gasteiger partial charge in [-0.15, -0.1) is 0 Å². The molecule has 1 aromatic carbocycles. The summed E-state index contributed by atoms with van der Waals surface area (Å²) in [6, 6.07) is 8.27. The second-order valence-electron chi connectivity index (χ2n) is 7.56. The van der Waals surface area contributed by atoms with Gasteiger partial charge >= 0.3 is 6.03 Å². The van der Waals surface area contributed by atoms with Gasteiger partial charge in [0.05, 0.1) is 26.7 Å². The highest BCUT2D eigenvalue weighted by Crippen LogP contribution is 2.25. The molecule has 1 unspecified atom stereocenters. The number of likely N-dealkylation sites (tertiary alicyclic amines) is 1. The number of urea groups is 1. The second kappa shape index (κ2) is 5.86. The fourth-order valence-electron chi connectivity index (χ4n) is 4.26. The van der Waals surface area contributed by atoms with Crippen molar-refractivity contribution in [3.63, 3.8) is 0 Å². The van der Waals surface area contributed by atoms with Crippen LogP contribution in [0.25, 0.3) is 0 Å². The molecule has 0 saturated carbocycles. The summed E-state index contributed by atoms with van der Waals surface area (Å²) in [6.07, 6.45) is 2.50. The largest absolute Gasteiger partial charge is 0.337 e. The molecule has 3 heterocycles. The Morgan fingerprint density at radius 1 is 1.12 bits per heavy atom. The number of carbonyl (C=O) groups excluding carboxylic acids is 2. The first kappa shape index (κ1) is 15.6. The third-order valence-electron chi connectivity index (χ3n) is 5.89. The minimum atomic E-state index is -0.635. The van der Waals surface area contributed by atoms with E-state index in [0.717, 1.165) is 45.4 Å². The summed E-state index contributed by atoms with van der Waals surface area (Å²) in [5.74, 6) is -0.00800. The minimum Gasteiger partial charge on any atom is -0.337 e. The fourth-order valence-corrected chi connectivity index (χ4v) is 4.26. The smallest absolute Gasteiger partial charge is 0.329 e. The lowest BCUT2D eigenvalue weighted by atomic mass is 9.88. The maximum Gasteiger partial charge on any atom is 0.329 e. The van der Waals surface area contributed by atoms with Crippen molar-refractivity contribution in [3.8, 4) is 0 Å². The van der Waals surface area contributed by atoms with Crippen LogP contribution in [0, 0.1) is 0 Å². The molecule has 24 heavy (non-hydrogen) atoms. The SMILES string of the molecule is C[NH+]1CCC2(CC1)NC(=O)N(C[NH+]1CCc3ccccc3C1)C2=O. The lowest BCUT2D eigenvalue weighted by molar-refractivity contribution is -0.923. The van der Waals surface area contributed by atoms with Gasteiger partial charge in [0, 0.05) is 24.8 Å². The van der Waals surface area contributed by atoms with E-state index < -0.39 is 5.54 Å². The number of fused-ring (bicyclic) bond motifs is 1. The predicted octanol–water partition coefficient (Wildman–Crippen LogP) is -1.82. The molecule has 3 N–H and O–H groups in total. The van der Waals surface area contributed by atoms with Gasteiger partial charge < -0.3 is 15.1 Å². The molecule has 0 aromatic heterocycles. The van der Waals surface area contributed by atoms with E-state index in [1.165, 1.54) is 25.8 Å². The molecule has 6 nitrogen and oxygen atoms in total. The van der Waals surface area contributed by atoms with Gasteiger partial charge in [-0.05, 0) is 5.56 Å². The van der Waals surface area contributed by atoms with Crippen LogP contribution >= 0.6 is 0 Å². The Morgan fingerprint density at radius 2 is 1.83 bits per heavy atom. The van der Waals surface area contributed by atoms with E-state index >= 15 is 0 Å². The zero-order chi connectivity index (χ0) is 16.7. The molecule has 3 aliphatic rings. The molecule has 0 radical (unpaired) electrons. The van der Waals surface area contributed by atoms with Crippen molar-refractivity contribution in [2.75, 3.05) is 33.4 Å². The number of rotatable bonds is 2. The van der Waals surface area contributed by atoms with Crippen LogP contribution in [0.5, 0.6) is 0 Å². The van der Waals surface area contributed by atoms with Crippen LogP contribution in [0.2, 0.25) is 0 Å². The normalized spacial score (nSPS) is 32.8. The zero-order valence-corrected chi connectivity index (χ0v) is 14.2. The topological polar surface area (TPSA) is 58.3 Å². The molecule has 4 rings (SSSR count). The van der Waals surface area contributed by atoms with Gasteiger partial charge in [-0.1, -0.05) is 24.3 Å². The van der Waals surface area contributed by atoms with Crippen molar-refractivity contribution >= 4 is 11.9 Å². The summed E-state index contributed by atoms with van der Waals surface area (Å²) in [5.41, 5.74) is 2.10. The maximum absolute atomic E-state index is 12.9. The Hall–Kier alpha value is -1.92. The highest BCUT2D eigenvalue weighted by atomic mass is 16.2. The zero-order valence-electron chi connectivity index (χ0n) is 14.2. The van der Waals surface area contributed by atoms with E-state index in [9.17, 15) is 9.59 Å². The Kier molecular flexibility index (Phi) is 3.81. The number of nitrogens with one attached hydrogen (secondary N) is 3. The summed E-state index contributed by atoms with van der Waals surface area (Å²) in [5, 5.41) is 3.01. The number of carbonyl (C=O) groups is 2. The maximum atomic E-state index is 12.9. The molecular weight excluding hydrogens is 304 g/mol. The average molecular weight is 330 g/mol. The van der Waals surface area contributed by atoms with E-state index in [0.29, 0.717) is 6.67 Å². The Morgan fingerprint density at radius 3 is 2.58 bits per heavy atom. The first-order valence-corrected chi connectivity index (χ1v) is 8.93. The van der Waals surface area contributed by atoms with Gasteiger partial charge in [-0.3, -0.25) is 4.79 Å². The quantitative estimate of drug-likeness (QED) is 0.560. The van der Waals surface area contributed by atoms with Crippen molar-refractivity contribution < 1.29 is 19.4 Å². The van der Waals surface area contributed by atoms with Gasteiger partial charge in [0.15, 0.2) is 6.67 Å². The number of hydrogen-bond donors (Lipinski definition) is 3. The Labute approximate surface area is 142 Å². The number of amides is 3. The summed E-state index contributed by atoms with van der Waals surface area (Å²) < 4.78 is 0. The molecule has 128 valence electrons. The summed E-state index contributed by atoms with van der Waals surface area (Å²) in [4.78, 5) is 29.5. The Bertz CT molecular complexity index is 667. The number of piperidine rings is 1. The van der Waals surface area contributed by atoms with E-state index in [1.807, 2.05) is 0 Å². The number of nitrogens with zero attached hydrogens (tertiary/aromatic N) is 1. The van der Waals surface area contributed by atoms with Crippen molar-refractivity contribution in [1.82, 2.24) is 10.2 Å². The van der Waals surface area contributed by atoms with Crippen molar-refractivity contribution in [2.45, 2.75) is 31.3 Å². The van der Waals surface area contributed by atoms with Crippen LogP contribution in [0.4, 0.5) is 4.79 Å². The molecule has 2 saturated heterocycles. The van der Waals surface area contributed by atoms with Gasteiger partial charge in [0.1, 0.15) is 12.1 Å². The van der Waals surface area contributed by atoms with E-state index in [-0.39, 0.29) is 11.9 Å². The van der Waals surface area contributed by atoms with Crippen molar-refractivity contribution in [2.24, 2.45) is 0 Å². The first-order chi connectivity index (χ1) is 11.6. The predicted molar refractivity (Wildman–Crippen MR) is 88.5 cm³/mol. The van der Waals surface area contributed by atoms with E-state index in [4.69, 9.17) is 0 Å². The summed E-state index contributed by atoms with van der Waals surface area (Å²) in [6.45, 7) is 4.19. The highest BCUT2D eigenvalue weighted by Gasteiger charge is 2.54. The molecule has 0 bridgehead atoms. The van der Waals surface area contributed by atoms with Crippen molar-refractivity contribution in [3.05, 3.63) is 35.4 Å². The lowest BCUT2D eigenvalue weighted by Gasteiger charge is -2.33. The molecule has 3 aliphatic heterocycles. The molecule has 3 amide bonds. The standard InChI is InChI=1S/C18H24N4O2/c1-20-10-7-18(8-11-20)16(23)22(17(24)19-18)13-21-9-6-14-4-2-3-5-15(14)12-21/h2-5H,6-13H2,1H3,(H,19,24)/p+2. The van der Waals surface area contributed by atoms with E-state index in [2.05, 4.69) is 36.6 Å². The fraction of sp³-hybridized carbons (Fsp3) is 0.556. The highest BCUT2D eigenvalue weighted by molar-refractivity contribution is 6.06. The molecular formula is C18H26N4O2+2. The number of hydrogen-bond acceptors (Lipinski definition) is 2. The van der Waals surface area contributed by atoms with Crippen LogP contribution in [-0.2, 0) is 17.8 Å². The van der Waals surface area contributed by atoms with Gasteiger partial charge in [-0.2, -0.15) is 0 Å².